The van der Waals surface area contributed by atoms with E-state index in [1.807, 2.05) is 18.2 Å². The van der Waals surface area contributed by atoms with Crippen LogP contribution in [0.5, 0.6) is 5.88 Å². The van der Waals surface area contributed by atoms with Crippen molar-refractivity contribution in [1.82, 2.24) is 14.9 Å². The maximum absolute atomic E-state index is 13.5. The number of carbonyl (C=O) groups is 2. The van der Waals surface area contributed by atoms with Crippen LogP contribution >= 0.6 is 0 Å². The van der Waals surface area contributed by atoms with Crippen molar-refractivity contribution >= 4 is 17.7 Å². The molecular formula is C29H40N4O4. The van der Waals surface area contributed by atoms with Gasteiger partial charge in [0.25, 0.3) is 5.91 Å². The summed E-state index contributed by atoms with van der Waals surface area (Å²) in [5.41, 5.74) is 7.29. The Kier molecular flexibility index (Phi) is 9.00. The first-order valence-corrected chi connectivity index (χ1v) is 13.7. The molecule has 0 saturated heterocycles. The number of amides is 1. The Morgan fingerprint density at radius 2 is 2.03 bits per heavy atom. The van der Waals surface area contributed by atoms with Crippen LogP contribution in [0.2, 0.25) is 0 Å². The van der Waals surface area contributed by atoms with Crippen molar-refractivity contribution < 1.29 is 19.4 Å². The van der Waals surface area contributed by atoms with Gasteiger partial charge in [-0.3, -0.25) is 9.59 Å². The Bertz CT molecular complexity index is 1070. The number of carbonyl (C=O) groups excluding carboxylic acids is 1. The van der Waals surface area contributed by atoms with Crippen LogP contribution in [-0.2, 0) is 11.2 Å². The van der Waals surface area contributed by atoms with Gasteiger partial charge in [-0.2, -0.15) is 4.98 Å². The number of carboxylic acids is 1. The first-order chi connectivity index (χ1) is 17.8. The van der Waals surface area contributed by atoms with Gasteiger partial charge in [-0.1, -0.05) is 38.5 Å². The number of aliphatic carboxylic acids is 1. The number of anilines is 1. The normalized spacial score (nSPS) is 24.1. The first-order valence-electron chi connectivity index (χ1n) is 13.7. The number of fused-ring (bicyclic) bond motifs is 1. The molecule has 1 amide bonds. The molecule has 2 heterocycles. The number of nitrogens with two attached hydrogens (primary N) is 1. The topological polar surface area (TPSA) is 119 Å². The van der Waals surface area contributed by atoms with Gasteiger partial charge in [0.2, 0.25) is 5.88 Å². The van der Waals surface area contributed by atoms with Gasteiger partial charge in [-0.25, -0.2) is 4.98 Å². The second-order valence-electron chi connectivity index (χ2n) is 11.0. The van der Waals surface area contributed by atoms with Crippen LogP contribution in [0, 0.1) is 23.7 Å². The minimum atomic E-state index is -0.693. The van der Waals surface area contributed by atoms with Gasteiger partial charge in [-0.05, 0) is 74.3 Å². The average Bonchev–Trinajstić information content (AvgIpc) is 2.98. The molecule has 3 N–H and O–H groups in total. The van der Waals surface area contributed by atoms with E-state index in [9.17, 15) is 9.59 Å². The van der Waals surface area contributed by atoms with Crippen LogP contribution in [0.1, 0.15) is 81.4 Å². The number of carboxylic acid groups (broad SMARTS) is 1. The number of aromatic nitrogens is 2. The Hall–Kier alpha value is -3.16. The molecule has 8 nitrogen and oxygen atoms in total. The Labute approximate surface area is 219 Å². The van der Waals surface area contributed by atoms with Crippen molar-refractivity contribution in [3.63, 3.8) is 0 Å². The molecule has 1 aliphatic heterocycles. The molecule has 37 heavy (non-hydrogen) atoms. The average molecular weight is 509 g/mol. The number of nitrogens with zero attached hydrogens (tertiary/aromatic N) is 3. The summed E-state index contributed by atoms with van der Waals surface area (Å²) < 4.78 is 5.87. The van der Waals surface area contributed by atoms with Gasteiger partial charge in [0.05, 0.1) is 6.54 Å². The van der Waals surface area contributed by atoms with Crippen molar-refractivity contribution in [2.24, 2.45) is 23.7 Å². The highest BCUT2D eigenvalue weighted by atomic mass is 16.5. The zero-order chi connectivity index (χ0) is 26.4. The third-order valence-corrected chi connectivity index (χ3v) is 7.74. The van der Waals surface area contributed by atoms with Crippen LogP contribution in [0.25, 0.3) is 0 Å². The Morgan fingerprint density at radius 1 is 1.24 bits per heavy atom. The van der Waals surface area contributed by atoms with Gasteiger partial charge in [0.1, 0.15) is 23.8 Å². The Morgan fingerprint density at radius 3 is 2.76 bits per heavy atom. The van der Waals surface area contributed by atoms with E-state index in [4.69, 9.17) is 15.6 Å². The van der Waals surface area contributed by atoms with Crippen LogP contribution < -0.4 is 10.5 Å². The fraction of sp³-hybridized carbons (Fsp3) is 0.586. The van der Waals surface area contributed by atoms with Crippen LogP contribution in [0.4, 0.5) is 5.82 Å². The number of nitrogen functional groups attached to an aromatic ring is 1. The van der Waals surface area contributed by atoms with Gasteiger partial charge in [0, 0.05) is 18.5 Å². The number of ether oxygens (including phenoxy) is 1. The minimum Gasteiger partial charge on any atom is -0.481 e. The predicted octanol–water partition coefficient (Wildman–Crippen LogP) is 5.17. The summed E-state index contributed by atoms with van der Waals surface area (Å²) in [5.74, 6) is 2.04. The molecule has 3 aliphatic rings. The summed E-state index contributed by atoms with van der Waals surface area (Å²) in [6.45, 7) is 5.10. The second kappa shape index (κ2) is 12.4. The summed E-state index contributed by atoms with van der Waals surface area (Å²) >= 11 is 0. The molecule has 200 valence electrons. The highest BCUT2D eigenvalue weighted by Crippen LogP contribution is 2.37. The van der Waals surface area contributed by atoms with E-state index < -0.39 is 5.97 Å². The zero-order valence-electron chi connectivity index (χ0n) is 22.1. The lowest BCUT2D eigenvalue weighted by Gasteiger charge is -2.32. The quantitative estimate of drug-likeness (QED) is 0.497. The number of aryl methyl sites for hydroxylation is 1. The molecule has 0 radical (unpaired) electrons. The summed E-state index contributed by atoms with van der Waals surface area (Å²) in [6.07, 6.45) is 18.4. The molecular weight excluding hydrogens is 468 g/mol. The SMILES string of the molecule is CC(C)CCCc1nc(N)c2c(n1)OCCN(C1=CC=CC(C3CCC(CC(=O)O)CC3)CC=C1)C2=O. The molecule has 8 heteroatoms. The summed E-state index contributed by atoms with van der Waals surface area (Å²) in [4.78, 5) is 35.2. The van der Waals surface area contributed by atoms with E-state index in [-0.39, 0.29) is 29.6 Å². The standard InChI is InChI=1S/C29H40N4O4/c1-19(2)6-3-11-24-31-27(30)26-28(32-24)37-17-16-33(29(26)36)23-9-4-7-21(8-5-10-23)22-14-12-20(13-15-22)18-25(34)35/h4-5,7,9-10,19-22H,3,6,8,11-18H2,1-2H3,(H,34,35)(H2,30,31,32). The molecule has 1 fully saturated rings. The monoisotopic (exact) mass is 508 g/mol. The van der Waals surface area contributed by atoms with Crippen LogP contribution in [-0.4, -0.2) is 45.0 Å². The van der Waals surface area contributed by atoms with E-state index >= 15 is 0 Å². The number of hydrogen-bond donors (Lipinski definition) is 2. The smallest absolute Gasteiger partial charge is 0.303 e. The third-order valence-electron chi connectivity index (χ3n) is 7.74. The fourth-order valence-electron chi connectivity index (χ4n) is 5.68. The van der Waals surface area contributed by atoms with E-state index in [2.05, 4.69) is 36.0 Å². The molecule has 1 aromatic heterocycles. The van der Waals surface area contributed by atoms with Crippen molar-refractivity contribution in [2.45, 2.75) is 71.6 Å². The first kappa shape index (κ1) is 26.9. The minimum absolute atomic E-state index is 0.172. The van der Waals surface area contributed by atoms with Crippen molar-refractivity contribution in [3.05, 3.63) is 47.5 Å². The van der Waals surface area contributed by atoms with E-state index in [0.717, 1.165) is 50.6 Å². The van der Waals surface area contributed by atoms with Crippen molar-refractivity contribution in [3.8, 4) is 5.88 Å². The lowest BCUT2D eigenvalue weighted by atomic mass is 9.73. The summed E-state index contributed by atoms with van der Waals surface area (Å²) in [7, 11) is 0. The molecule has 0 spiro atoms. The molecule has 1 atom stereocenters. The van der Waals surface area contributed by atoms with Gasteiger partial charge >= 0.3 is 5.97 Å². The molecule has 0 aromatic carbocycles. The molecule has 0 bridgehead atoms. The van der Waals surface area contributed by atoms with E-state index in [1.165, 1.54) is 0 Å². The van der Waals surface area contributed by atoms with Crippen molar-refractivity contribution in [2.75, 3.05) is 18.9 Å². The summed E-state index contributed by atoms with van der Waals surface area (Å²) in [5, 5.41) is 9.07. The van der Waals surface area contributed by atoms with Crippen LogP contribution in [0.3, 0.4) is 0 Å². The fourth-order valence-corrected chi connectivity index (χ4v) is 5.68. The number of rotatable bonds is 8. The third kappa shape index (κ3) is 6.99. The maximum atomic E-state index is 13.5. The predicted molar refractivity (Wildman–Crippen MR) is 143 cm³/mol. The highest BCUT2D eigenvalue weighted by molar-refractivity contribution is 6.02. The largest absolute Gasteiger partial charge is 0.481 e. The van der Waals surface area contributed by atoms with Gasteiger partial charge in [-0.15, -0.1) is 0 Å². The molecule has 4 rings (SSSR count). The van der Waals surface area contributed by atoms with Crippen LogP contribution in [0.15, 0.2) is 36.1 Å². The highest BCUT2D eigenvalue weighted by Gasteiger charge is 2.31. The molecule has 1 aromatic rings. The van der Waals surface area contributed by atoms with Gasteiger partial charge < -0.3 is 20.5 Å². The molecule has 1 unspecified atom stereocenters. The maximum Gasteiger partial charge on any atom is 0.303 e. The zero-order valence-corrected chi connectivity index (χ0v) is 22.1. The van der Waals surface area contributed by atoms with E-state index in [1.54, 1.807) is 4.90 Å². The molecule has 2 aliphatic carbocycles. The Balaban J connectivity index is 1.43. The molecule has 1 saturated carbocycles. The van der Waals surface area contributed by atoms with Gasteiger partial charge in [0.15, 0.2) is 0 Å². The lowest BCUT2D eigenvalue weighted by Crippen LogP contribution is -2.32. The lowest BCUT2D eigenvalue weighted by molar-refractivity contribution is -0.138. The second-order valence-corrected chi connectivity index (χ2v) is 11.0. The number of hydrogen-bond acceptors (Lipinski definition) is 6. The van der Waals surface area contributed by atoms with Crippen molar-refractivity contribution in [1.29, 1.82) is 0 Å². The number of allylic oxidation sites excluding steroid dienone is 5. The van der Waals surface area contributed by atoms with E-state index in [0.29, 0.717) is 49.1 Å². The summed E-state index contributed by atoms with van der Waals surface area (Å²) in [6, 6.07) is 0.